The number of aromatic hydroxyl groups is 2. The quantitative estimate of drug-likeness (QED) is 0.294. The van der Waals surface area contributed by atoms with Crippen LogP contribution in [0.2, 0.25) is 0 Å². The lowest BCUT2D eigenvalue weighted by atomic mass is 10.0. The van der Waals surface area contributed by atoms with Gasteiger partial charge in [0.2, 0.25) is 0 Å². The van der Waals surface area contributed by atoms with Gasteiger partial charge in [-0.15, -0.1) is 0 Å². The molecule has 0 saturated carbocycles. The second-order valence-electron chi connectivity index (χ2n) is 7.72. The summed E-state index contributed by atoms with van der Waals surface area (Å²) in [5, 5.41) is 18.7. The maximum atomic E-state index is 9.49. The predicted molar refractivity (Wildman–Crippen MR) is 108 cm³/mol. The predicted octanol–water partition coefficient (Wildman–Crippen LogP) is 7.17. The molecule has 1 aromatic heterocycles. The molecule has 0 spiro atoms. The molecule has 1 rings (SSSR count). The first kappa shape index (κ1) is 21.7. The summed E-state index contributed by atoms with van der Waals surface area (Å²) in [5.74, 6) is 0.908. The summed E-state index contributed by atoms with van der Waals surface area (Å²) < 4.78 is 0. The van der Waals surface area contributed by atoms with Crippen molar-refractivity contribution in [1.29, 1.82) is 0 Å². The normalized spacial score (nSPS) is 11.8. The highest BCUT2D eigenvalue weighted by molar-refractivity contribution is 5.56. The highest BCUT2D eigenvalue weighted by Crippen LogP contribution is 2.23. The molecular weight excluding hydrogens is 310 g/mol. The van der Waals surface area contributed by atoms with Crippen LogP contribution in [-0.2, 0) is 0 Å². The van der Waals surface area contributed by atoms with Crippen LogP contribution >= 0.6 is 0 Å². The maximum Gasteiger partial charge on any atom is 0.198 e. The summed E-state index contributed by atoms with van der Waals surface area (Å²) in [5.41, 5.74) is 0.654. The molecule has 0 radical (unpaired) electrons. The Morgan fingerprint density at radius 3 is 1.84 bits per heavy atom. The lowest BCUT2D eigenvalue weighted by molar-refractivity contribution is 0.425. The van der Waals surface area contributed by atoms with E-state index in [0.29, 0.717) is 5.56 Å². The first-order chi connectivity index (χ1) is 12.1. The number of H-pyrrole nitrogens is 1. The van der Waals surface area contributed by atoms with E-state index in [1.54, 1.807) is 0 Å². The fourth-order valence-electron chi connectivity index (χ4n) is 3.19. The van der Waals surface area contributed by atoms with E-state index in [0.717, 1.165) is 12.3 Å². The molecular formula is C22H39NO2. The first-order valence-electron chi connectivity index (χ1n) is 10.4. The van der Waals surface area contributed by atoms with Gasteiger partial charge in [0, 0.05) is 11.6 Å². The highest BCUT2D eigenvalue weighted by atomic mass is 16.3. The fraction of sp³-hybridized carbons (Fsp3) is 0.727. The molecule has 1 aromatic rings. The van der Waals surface area contributed by atoms with Crippen LogP contribution in [0.25, 0.3) is 6.08 Å². The lowest BCUT2D eigenvalue weighted by Gasteiger charge is -2.04. The highest BCUT2D eigenvalue weighted by Gasteiger charge is 2.01. The van der Waals surface area contributed by atoms with Gasteiger partial charge >= 0.3 is 0 Å². The van der Waals surface area contributed by atoms with Crippen molar-refractivity contribution in [3.05, 3.63) is 17.7 Å². The van der Waals surface area contributed by atoms with Crippen LogP contribution < -0.4 is 0 Å². The SMILES string of the molecule is CC(C)CCCCCCCCCCCCCC=Cc1cc(O)[nH]c1O. The second-order valence-corrected chi connectivity index (χ2v) is 7.72. The zero-order valence-electron chi connectivity index (χ0n) is 16.4. The van der Waals surface area contributed by atoms with E-state index in [1.807, 2.05) is 6.08 Å². The Bertz CT molecular complexity index is 463. The molecule has 0 aliphatic carbocycles. The monoisotopic (exact) mass is 349 g/mol. The van der Waals surface area contributed by atoms with E-state index >= 15 is 0 Å². The van der Waals surface area contributed by atoms with Gasteiger partial charge in [-0.1, -0.05) is 96.6 Å². The van der Waals surface area contributed by atoms with Crippen molar-refractivity contribution in [1.82, 2.24) is 4.98 Å². The topological polar surface area (TPSA) is 56.2 Å². The standard InChI is InChI=1S/C22H39NO2/c1-19(2)16-14-12-10-8-6-4-3-5-7-9-11-13-15-17-20-18-21(24)23-22(20)25/h15,17-19,23-25H,3-14,16H2,1-2H3. The Balaban J connectivity index is 1.82. The molecule has 0 saturated heterocycles. The summed E-state index contributed by atoms with van der Waals surface area (Å²) in [6.45, 7) is 4.63. The van der Waals surface area contributed by atoms with Gasteiger partial charge in [0.15, 0.2) is 11.8 Å². The third kappa shape index (κ3) is 11.7. The van der Waals surface area contributed by atoms with Crippen molar-refractivity contribution >= 4 is 6.08 Å². The second kappa shape index (κ2) is 13.9. The average molecular weight is 350 g/mol. The molecule has 3 heteroatoms. The molecule has 0 aromatic carbocycles. The Labute approximate surface area is 154 Å². The van der Waals surface area contributed by atoms with E-state index < -0.39 is 0 Å². The minimum absolute atomic E-state index is 0.00714. The zero-order chi connectivity index (χ0) is 18.3. The summed E-state index contributed by atoms with van der Waals surface area (Å²) in [6.07, 6.45) is 21.4. The van der Waals surface area contributed by atoms with Gasteiger partial charge in [-0.3, -0.25) is 4.98 Å². The molecule has 0 fully saturated rings. The van der Waals surface area contributed by atoms with Crippen LogP contribution in [0.5, 0.6) is 11.8 Å². The van der Waals surface area contributed by atoms with E-state index in [-0.39, 0.29) is 11.8 Å². The molecule has 0 amide bonds. The van der Waals surface area contributed by atoms with Crippen molar-refractivity contribution in [3.63, 3.8) is 0 Å². The molecule has 0 bridgehead atoms. The summed E-state index contributed by atoms with van der Waals surface area (Å²) in [7, 11) is 0. The number of rotatable bonds is 15. The zero-order valence-corrected chi connectivity index (χ0v) is 16.4. The van der Waals surface area contributed by atoms with Gasteiger partial charge in [-0.05, 0) is 18.8 Å². The summed E-state index contributed by atoms with van der Waals surface area (Å²) >= 11 is 0. The van der Waals surface area contributed by atoms with E-state index in [9.17, 15) is 10.2 Å². The smallest absolute Gasteiger partial charge is 0.198 e. The van der Waals surface area contributed by atoms with Crippen molar-refractivity contribution in [2.45, 2.75) is 97.3 Å². The van der Waals surface area contributed by atoms with Gasteiger partial charge in [0.1, 0.15) is 0 Å². The van der Waals surface area contributed by atoms with Crippen molar-refractivity contribution < 1.29 is 10.2 Å². The molecule has 0 aliphatic heterocycles. The van der Waals surface area contributed by atoms with Crippen LogP contribution in [0.15, 0.2) is 12.1 Å². The number of aromatic nitrogens is 1. The number of nitrogens with one attached hydrogen (secondary N) is 1. The molecule has 3 N–H and O–H groups in total. The molecule has 1 heterocycles. The number of allylic oxidation sites excluding steroid dienone is 1. The van der Waals surface area contributed by atoms with Crippen LogP contribution in [0.1, 0.15) is 103 Å². The minimum Gasteiger partial charge on any atom is -0.494 e. The number of hydrogen-bond donors (Lipinski definition) is 3. The molecule has 0 atom stereocenters. The first-order valence-corrected chi connectivity index (χ1v) is 10.4. The average Bonchev–Trinajstić information content (AvgIpc) is 2.88. The minimum atomic E-state index is 0.00714. The lowest BCUT2D eigenvalue weighted by Crippen LogP contribution is -1.87. The third-order valence-corrected chi connectivity index (χ3v) is 4.76. The van der Waals surface area contributed by atoms with Crippen LogP contribution in [0.3, 0.4) is 0 Å². The number of aromatic amines is 1. The van der Waals surface area contributed by atoms with Crippen molar-refractivity contribution in [2.75, 3.05) is 0 Å². The maximum absolute atomic E-state index is 9.49. The van der Waals surface area contributed by atoms with E-state index in [4.69, 9.17) is 0 Å². The summed E-state index contributed by atoms with van der Waals surface area (Å²) in [4.78, 5) is 2.47. The fourth-order valence-corrected chi connectivity index (χ4v) is 3.19. The van der Waals surface area contributed by atoms with Gasteiger partial charge in [-0.2, -0.15) is 0 Å². The Hall–Kier alpha value is -1.38. The largest absolute Gasteiger partial charge is 0.494 e. The van der Waals surface area contributed by atoms with E-state index in [2.05, 4.69) is 24.9 Å². The summed E-state index contributed by atoms with van der Waals surface area (Å²) in [6, 6.07) is 1.54. The van der Waals surface area contributed by atoms with E-state index in [1.165, 1.54) is 83.1 Å². The van der Waals surface area contributed by atoms with Gasteiger partial charge in [0.05, 0.1) is 0 Å². The van der Waals surface area contributed by atoms with Crippen LogP contribution in [0, 0.1) is 5.92 Å². The Morgan fingerprint density at radius 1 is 0.840 bits per heavy atom. The molecule has 25 heavy (non-hydrogen) atoms. The van der Waals surface area contributed by atoms with Crippen LogP contribution in [-0.4, -0.2) is 15.2 Å². The Kier molecular flexibility index (Phi) is 12.0. The third-order valence-electron chi connectivity index (χ3n) is 4.76. The van der Waals surface area contributed by atoms with Gasteiger partial charge in [-0.25, -0.2) is 0 Å². The van der Waals surface area contributed by atoms with Gasteiger partial charge < -0.3 is 10.2 Å². The molecule has 0 unspecified atom stereocenters. The molecule has 144 valence electrons. The van der Waals surface area contributed by atoms with Crippen molar-refractivity contribution in [2.24, 2.45) is 5.92 Å². The van der Waals surface area contributed by atoms with Crippen molar-refractivity contribution in [3.8, 4) is 11.8 Å². The molecule has 0 aliphatic rings. The molecule has 3 nitrogen and oxygen atoms in total. The van der Waals surface area contributed by atoms with Gasteiger partial charge in [0.25, 0.3) is 0 Å². The van der Waals surface area contributed by atoms with Crippen LogP contribution in [0.4, 0.5) is 0 Å². The Morgan fingerprint density at radius 2 is 1.36 bits per heavy atom. The number of unbranched alkanes of at least 4 members (excludes halogenated alkanes) is 11. The number of hydrogen-bond acceptors (Lipinski definition) is 2.